The maximum Gasteiger partial charge on any atom is 0.417 e. The molecule has 0 aliphatic rings. The molecule has 1 heterocycles. The molecule has 1 aromatic heterocycles. The number of primary amides is 1. The highest BCUT2D eigenvalue weighted by atomic mass is 35.5. The molecule has 1 aromatic carbocycles. The van der Waals surface area contributed by atoms with Gasteiger partial charge in [-0.3, -0.25) is 4.98 Å². The van der Waals surface area contributed by atoms with E-state index in [9.17, 15) is 18.0 Å². The maximum absolute atomic E-state index is 12.8. The summed E-state index contributed by atoms with van der Waals surface area (Å²) in [5.41, 5.74) is 4.02. The predicted molar refractivity (Wildman–Crippen MR) is 70.2 cm³/mol. The first kappa shape index (κ1) is 15.0. The molecule has 0 aliphatic carbocycles. The van der Waals surface area contributed by atoms with Crippen LogP contribution in [0.4, 0.5) is 29.5 Å². The topological polar surface area (TPSA) is 72.1 Å². The van der Waals surface area contributed by atoms with Crippen LogP contribution in [0.3, 0.4) is 0 Å². The van der Waals surface area contributed by atoms with Crippen molar-refractivity contribution in [1.29, 1.82) is 0 Å². The first-order valence-electron chi connectivity index (χ1n) is 5.53. The van der Waals surface area contributed by atoms with E-state index in [1.54, 1.807) is 0 Å². The molecule has 0 aliphatic heterocycles. The van der Waals surface area contributed by atoms with E-state index in [0.717, 1.165) is 17.0 Å². The van der Waals surface area contributed by atoms with Crippen LogP contribution < -0.4 is 10.6 Å². The summed E-state index contributed by atoms with van der Waals surface area (Å²) >= 11 is 5.53. The summed E-state index contributed by atoms with van der Waals surface area (Å²) in [7, 11) is 0. The SMILES string of the molecule is NC(=O)N(c1ccc(Cl)c(C(F)(F)F)c1)c1cnccn1. The molecule has 9 heteroatoms. The number of hydrogen-bond donors (Lipinski definition) is 1. The average molecular weight is 317 g/mol. The number of nitrogens with two attached hydrogens (primary N) is 1. The van der Waals surface area contributed by atoms with Gasteiger partial charge in [0.15, 0.2) is 5.82 Å². The highest BCUT2D eigenvalue weighted by molar-refractivity contribution is 6.31. The first-order chi connectivity index (χ1) is 9.80. The molecule has 0 saturated heterocycles. The van der Waals surface area contributed by atoms with Crippen LogP contribution in [-0.2, 0) is 6.18 Å². The fraction of sp³-hybridized carbons (Fsp3) is 0.0833. The molecule has 0 fully saturated rings. The number of rotatable bonds is 2. The number of amides is 2. The van der Waals surface area contributed by atoms with Crippen molar-refractivity contribution >= 4 is 29.1 Å². The number of carbonyl (C=O) groups excluding carboxylic acids is 1. The number of benzene rings is 1. The minimum atomic E-state index is -4.65. The van der Waals surface area contributed by atoms with Crippen molar-refractivity contribution in [3.05, 3.63) is 47.4 Å². The van der Waals surface area contributed by atoms with Gasteiger partial charge in [-0.05, 0) is 18.2 Å². The Labute approximate surface area is 122 Å². The zero-order chi connectivity index (χ0) is 15.6. The highest BCUT2D eigenvalue weighted by Crippen LogP contribution is 2.37. The van der Waals surface area contributed by atoms with E-state index in [4.69, 9.17) is 17.3 Å². The van der Waals surface area contributed by atoms with Crippen molar-refractivity contribution in [2.75, 3.05) is 4.90 Å². The Bertz CT molecular complexity index is 663. The Hall–Kier alpha value is -2.35. The van der Waals surface area contributed by atoms with Crippen LogP contribution in [0.25, 0.3) is 0 Å². The first-order valence-corrected chi connectivity index (χ1v) is 5.91. The third kappa shape index (κ3) is 3.22. The van der Waals surface area contributed by atoms with Crippen molar-refractivity contribution in [1.82, 2.24) is 9.97 Å². The number of aromatic nitrogens is 2. The molecule has 0 unspecified atom stereocenters. The summed E-state index contributed by atoms with van der Waals surface area (Å²) in [6.07, 6.45) is -0.817. The van der Waals surface area contributed by atoms with Crippen molar-refractivity contribution in [2.45, 2.75) is 6.18 Å². The summed E-state index contributed by atoms with van der Waals surface area (Å²) < 4.78 is 38.5. The second kappa shape index (κ2) is 5.57. The van der Waals surface area contributed by atoms with E-state index in [0.29, 0.717) is 0 Å². The van der Waals surface area contributed by atoms with E-state index in [-0.39, 0.29) is 11.5 Å². The van der Waals surface area contributed by atoms with Crippen LogP contribution in [0.1, 0.15) is 5.56 Å². The molecule has 2 rings (SSSR count). The second-order valence-corrected chi connectivity index (χ2v) is 4.31. The minimum absolute atomic E-state index is 0.000414. The lowest BCUT2D eigenvalue weighted by Crippen LogP contribution is -2.32. The molecule has 2 amide bonds. The van der Waals surface area contributed by atoms with E-state index in [1.165, 1.54) is 24.7 Å². The maximum atomic E-state index is 12.8. The van der Waals surface area contributed by atoms with E-state index in [1.807, 2.05) is 0 Å². The lowest BCUT2D eigenvalue weighted by molar-refractivity contribution is -0.137. The monoisotopic (exact) mass is 316 g/mol. The van der Waals surface area contributed by atoms with Crippen molar-refractivity contribution in [3.63, 3.8) is 0 Å². The minimum Gasteiger partial charge on any atom is -0.351 e. The number of nitrogens with zero attached hydrogens (tertiary/aromatic N) is 3. The molecule has 5 nitrogen and oxygen atoms in total. The van der Waals surface area contributed by atoms with Gasteiger partial charge in [0.05, 0.1) is 22.5 Å². The Balaban J connectivity index is 2.55. The molecule has 2 aromatic rings. The van der Waals surface area contributed by atoms with Gasteiger partial charge in [0.25, 0.3) is 0 Å². The number of carbonyl (C=O) groups is 1. The van der Waals surface area contributed by atoms with Crippen molar-refractivity contribution in [2.24, 2.45) is 5.73 Å². The van der Waals surface area contributed by atoms with Crippen molar-refractivity contribution in [3.8, 4) is 0 Å². The van der Waals surface area contributed by atoms with Crippen LogP contribution in [-0.4, -0.2) is 16.0 Å². The summed E-state index contributed by atoms with van der Waals surface area (Å²) in [5, 5.41) is -0.477. The predicted octanol–water partition coefficient (Wildman–Crippen LogP) is 3.37. The summed E-state index contributed by atoms with van der Waals surface area (Å²) in [4.78, 5) is 19.9. The van der Waals surface area contributed by atoms with Gasteiger partial charge in [-0.25, -0.2) is 14.7 Å². The largest absolute Gasteiger partial charge is 0.417 e. The van der Waals surface area contributed by atoms with E-state index >= 15 is 0 Å². The number of anilines is 2. The van der Waals surface area contributed by atoms with Crippen LogP contribution >= 0.6 is 11.6 Å². The van der Waals surface area contributed by atoms with Crippen LogP contribution in [0.2, 0.25) is 5.02 Å². The average Bonchev–Trinajstić information content (AvgIpc) is 2.40. The Morgan fingerprint density at radius 3 is 2.52 bits per heavy atom. The van der Waals surface area contributed by atoms with Gasteiger partial charge in [-0.1, -0.05) is 11.6 Å². The Morgan fingerprint density at radius 2 is 2.00 bits per heavy atom. The zero-order valence-electron chi connectivity index (χ0n) is 10.3. The Morgan fingerprint density at radius 1 is 1.29 bits per heavy atom. The molecular formula is C12H8ClF3N4O. The van der Waals surface area contributed by atoms with Gasteiger partial charge < -0.3 is 5.73 Å². The van der Waals surface area contributed by atoms with Gasteiger partial charge in [0.1, 0.15) is 0 Å². The van der Waals surface area contributed by atoms with Gasteiger partial charge in [-0.15, -0.1) is 0 Å². The second-order valence-electron chi connectivity index (χ2n) is 3.90. The zero-order valence-corrected chi connectivity index (χ0v) is 11.1. The Kier molecular flexibility index (Phi) is 3.99. The summed E-state index contributed by atoms with van der Waals surface area (Å²) in [5.74, 6) is 0.000414. The van der Waals surface area contributed by atoms with Gasteiger partial charge in [0, 0.05) is 12.4 Å². The number of hydrogen-bond acceptors (Lipinski definition) is 3. The molecule has 110 valence electrons. The van der Waals surface area contributed by atoms with E-state index in [2.05, 4.69) is 9.97 Å². The fourth-order valence-electron chi connectivity index (χ4n) is 1.65. The van der Waals surface area contributed by atoms with Gasteiger partial charge in [0.2, 0.25) is 0 Å². The lowest BCUT2D eigenvalue weighted by Gasteiger charge is -2.20. The number of alkyl halides is 3. The molecule has 2 N–H and O–H groups in total. The standard InChI is InChI=1S/C12H8ClF3N4O/c13-9-2-1-7(5-8(9)12(14,15)16)20(11(17)21)10-6-18-3-4-19-10/h1-6H,(H2,17,21). The number of halogens is 4. The van der Waals surface area contributed by atoms with Crippen LogP contribution in [0.15, 0.2) is 36.8 Å². The van der Waals surface area contributed by atoms with E-state index < -0.39 is 22.8 Å². The molecule has 0 saturated carbocycles. The quantitative estimate of drug-likeness (QED) is 0.923. The third-order valence-electron chi connectivity index (χ3n) is 2.51. The van der Waals surface area contributed by atoms with Gasteiger partial charge in [-0.2, -0.15) is 13.2 Å². The van der Waals surface area contributed by atoms with Crippen LogP contribution in [0.5, 0.6) is 0 Å². The molecule has 0 spiro atoms. The lowest BCUT2D eigenvalue weighted by atomic mass is 10.2. The molecule has 0 atom stereocenters. The molecule has 21 heavy (non-hydrogen) atoms. The normalized spacial score (nSPS) is 11.2. The summed E-state index contributed by atoms with van der Waals surface area (Å²) in [6.45, 7) is 0. The van der Waals surface area contributed by atoms with Gasteiger partial charge >= 0.3 is 12.2 Å². The highest BCUT2D eigenvalue weighted by Gasteiger charge is 2.34. The molecule has 0 bridgehead atoms. The molecule has 0 radical (unpaired) electrons. The van der Waals surface area contributed by atoms with Crippen LogP contribution in [0, 0.1) is 0 Å². The summed E-state index contributed by atoms with van der Waals surface area (Å²) in [6, 6.07) is 2.00. The molecular weight excluding hydrogens is 309 g/mol. The fourth-order valence-corrected chi connectivity index (χ4v) is 1.87. The van der Waals surface area contributed by atoms with Crippen molar-refractivity contribution < 1.29 is 18.0 Å². The number of urea groups is 1. The smallest absolute Gasteiger partial charge is 0.351 e. The third-order valence-corrected chi connectivity index (χ3v) is 2.84.